The molecule has 1 aromatic carbocycles. The maximum atomic E-state index is 4.78. The number of fused-ring (bicyclic) bond motifs is 1. The molecule has 1 N–H and O–H groups in total. The summed E-state index contributed by atoms with van der Waals surface area (Å²) in [5, 5.41) is 0. The van der Waals surface area contributed by atoms with Crippen LogP contribution in [0.2, 0.25) is 0 Å². The highest BCUT2D eigenvalue weighted by Gasteiger charge is 2.42. The molecule has 20 heavy (non-hydrogen) atoms. The lowest BCUT2D eigenvalue weighted by Crippen LogP contribution is -2.36. The molecule has 2 aromatic heterocycles. The second-order valence-electron chi connectivity index (χ2n) is 5.42. The second kappa shape index (κ2) is 4.42. The fraction of sp³-hybridized carbons (Fsp3) is 0.250. The zero-order chi connectivity index (χ0) is 13.6. The predicted octanol–water partition coefficient (Wildman–Crippen LogP) is 4.19. The highest BCUT2D eigenvalue weighted by Crippen LogP contribution is 2.48. The molecule has 1 aliphatic rings. The van der Waals surface area contributed by atoms with E-state index in [9.17, 15) is 0 Å². The van der Waals surface area contributed by atoms with Gasteiger partial charge in [0.05, 0.1) is 17.1 Å². The molecule has 0 unspecified atom stereocenters. The Balaban J connectivity index is 1.86. The number of hydrogen-bond donors (Lipinski definition) is 1. The molecule has 100 valence electrons. The van der Waals surface area contributed by atoms with Crippen molar-refractivity contribution in [3.63, 3.8) is 0 Å². The SMILES string of the molecule is Brc1ccc(C2(c3nc4cnccc4[nH]3)CCC2)cc1. The summed E-state index contributed by atoms with van der Waals surface area (Å²) in [5.74, 6) is 1.08. The van der Waals surface area contributed by atoms with Crippen LogP contribution in [0.4, 0.5) is 0 Å². The predicted molar refractivity (Wildman–Crippen MR) is 82.7 cm³/mol. The third-order valence-electron chi connectivity index (χ3n) is 4.34. The van der Waals surface area contributed by atoms with Gasteiger partial charge in [-0.3, -0.25) is 4.98 Å². The number of aromatic nitrogens is 3. The summed E-state index contributed by atoms with van der Waals surface area (Å²) in [7, 11) is 0. The molecule has 1 saturated carbocycles. The monoisotopic (exact) mass is 327 g/mol. The van der Waals surface area contributed by atoms with Crippen molar-refractivity contribution in [1.29, 1.82) is 0 Å². The smallest absolute Gasteiger partial charge is 0.118 e. The van der Waals surface area contributed by atoms with E-state index in [1.54, 1.807) is 6.20 Å². The Morgan fingerprint density at radius 2 is 1.90 bits per heavy atom. The van der Waals surface area contributed by atoms with Gasteiger partial charge in [-0.2, -0.15) is 0 Å². The molecule has 0 saturated heterocycles. The Kier molecular flexibility index (Phi) is 2.67. The Morgan fingerprint density at radius 3 is 2.55 bits per heavy atom. The van der Waals surface area contributed by atoms with Crippen LogP contribution < -0.4 is 0 Å². The van der Waals surface area contributed by atoms with E-state index in [2.05, 4.69) is 50.2 Å². The number of imidazole rings is 1. The lowest BCUT2D eigenvalue weighted by Gasteiger charge is -2.40. The van der Waals surface area contributed by atoms with Gasteiger partial charge < -0.3 is 4.98 Å². The van der Waals surface area contributed by atoms with E-state index in [0.717, 1.165) is 34.2 Å². The van der Waals surface area contributed by atoms with E-state index >= 15 is 0 Å². The zero-order valence-corrected chi connectivity index (χ0v) is 12.5. The topological polar surface area (TPSA) is 41.6 Å². The highest BCUT2D eigenvalue weighted by atomic mass is 79.9. The highest BCUT2D eigenvalue weighted by molar-refractivity contribution is 9.10. The fourth-order valence-electron chi connectivity index (χ4n) is 3.04. The molecule has 4 rings (SSSR count). The largest absolute Gasteiger partial charge is 0.341 e. The molecule has 0 bridgehead atoms. The third-order valence-corrected chi connectivity index (χ3v) is 4.87. The average Bonchev–Trinajstić information content (AvgIpc) is 2.83. The van der Waals surface area contributed by atoms with Gasteiger partial charge in [-0.25, -0.2) is 4.98 Å². The van der Waals surface area contributed by atoms with Crippen LogP contribution in [0.5, 0.6) is 0 Å². The van der Waals surface area contributed by atoms with Crippen LogP contribution >= 0.6 is 15.9 Å². The van der Waals surface area contributed by atoms with Gasteiger partial charge in [0.2, 0.25) is 0 Å². The summed E-state index contributed by atoms with van der Waals surface area (Å²) in [6, 6.07) is 10.6. The Bertz CT molecular complexity index is 724. The first kappa shape index (κ1) is 12.1. The summed E-state index contributed by atoms with van der Waals surface area (Å²) in [6.07, 6.45) is 7.19. The van der Waals surface area contributed by atoms with Gasteiger partial charge in [-0.05, 0) is 36.6 Å². The van der Waals surface area contributed by atoms with Gasteiger partial charge in [0.25, 0.3) is 0 Å². The van der Waals surface area contributed by atoms with Crippen LogP contribution in [-0.4, -0.2) is 15.0 Å². The van der Waals surface area contributed by atoms with Crippen LogP contribution in [0.1, 0.15) is 30.7 Å². The molecular formula is C16H14BrN3. The van der Waals surface area contributed by atoms with Gasteiger partial charge in [0.15, 0.2) is 0 Å². The number of aromatic amines is 1. The van der Waals surface area contributed by atoms with Gasteiger partial charge in [-0.15, -0.1) is 0 Å². The van der Waals surface area contributed by atoms with Gasteiger partial charge >= 0.3 is 0 Å². The van der Waals surface area contributed by atoms with Crippen LogP contribution in [0, 0.1) is 0 Å². The minimum Gasteiger partial charge on any atom is -0.341 e. The number of halogens is 1. The van der Waals surface area contributed by atoms with Crippen molar-refractivity contribution < 1.29 is 0 Å². The van der Waals surface area contributed by atoms with Crippen molar-refractivity contribution in [2.24, 2.45) is 0 Å². The normalized spacial score (nSPS) is 17.1. The summed E-state index contributed by atoms with van der Waals surface area (Å²) in [4.78, 5) is 12.4. The average molecular weight is 328 g/mol. The first-order valence-corrected chi connectivity index (χ1v) is 7.63. The van der Waals surface area contributed by atoms with E-state index in [4.69, 9.17) is 4.98 Å². The van der Waals surface area contributed by atoms with Crippen molar-refractivity contribution in [1.82, 2.24) is 15.0 Å². The molecule has 0 aliphatic heterocycles. The minimum absolute atomic E-state index is 0.0553. The maximum Gasteiger partial charge on any atom is 0.118 e. The molecule has 0 atom stereocenters. The quantitative estimate of drug-likeness (QED) is 0.766. The van der Waals surface area contributed by atoms with Crippen molar-refractivity contribution in [3.8, 4) is 0 Å². The van der Waals surface area contributed by atoms with E-state index in [0.29, 0.717) is 0 Å². The number of nitrogens with one attached hydrogen (secondary N) is 1. The molecule has 0 radical (unpaired) electrons. The summed E-state index contributed by atoms with van der Waals surface area (Å²) >= 11 is 3.50. The van der Waals surface area contributed by atoms with Crippen LogP contribution in [-0.2, 0) is 5.41 Å². The third kappa shape index (κ3) is 1.71. The van der Waals surface area contributed by atoms with Crippen molar-refractivity contribution in [2.75, 3.05) is 0 Å². The van der Waals surface area contributed by atoms with Crippen molar-refractivity contribution in [2.45, 2.75) is 24.7 Å². The summed E-state index contributed by atoms with van der Waals surface area (Å²) in [5.41, 5.74) is 3.42. The molecule has 2 heterocycles. The first-order valence-electron chi connectivity index (χ1n) is 6.84. The maximum absolute atomic E-state index is 4.78. The molecule has 3 nitrogen and oxygen atoms in total. The summed E-state index contributed by atoms with van der Waals surface area (Å²) < 4.78 is 1.12. The number of H-pyrrole nitrogens is 1. The standard InChI is InChI=1S/C16H14BrN3/c17-12-4-2-11(3-5-12)16(7-1-8-16)15-19-13-6-9-18-10-14(13)20-15/h2-6,9-10H,1,7-8H2,(H,19,20). The molecule has 0 spiro atoms. The number of benzene rings is 1. The summed E-state index contributed by atoms with van der Waals surface area (Å²) in [6.45, 7) is 0. The molecular weight excluding hydrogens is 314 g/mol. The van der Waals surface area contributed by atoms with Crippen LogP contribution in [0.15, 0.2) is 47.2 Å². The molecule has 4 heteroatoms. The molecule has 3 aromatic rings. The van der Waals surface area contributed by atoms with E-state index in [1.165, 1.54) is 12.0 Å². The molecule has 0 amide bonds. The molecule has 1 aliphatic carbocycles. The lowest BCUT2D eigenvalue weighted by molar-refractivity contribution is 0.287. The number of rotatable bonds is 2. The van der Waals surface area contributed by atoms with E-state index < -0.39 is 0 Å². The van der Waals surface area contributed by atoms with Crippen molar-refractivity contribution >= 4 is 27.0 Å². The van der Waals surface area contributed by atoms with Crippen LogP contribution in [0.3, 0.4) is 0 Å². The second-order valence-corrected chi connectivity index (χ2v) is 6.34. The van der Waals surface area contributed by atoms with Crippen molar-refractivity contribution in [3.05, 3.63) is 58.6 Å². The van der Waals surface area contributed by atoms with Gasteiger partial charge in [-0.1, -0.05) is 34.5 Å². The Hall–Kier alpha value is -1.68. The number of pyridine rings is 1. The first-order chi connectivity index (χ1) is 9.78. The molecule has 1 fully saturated rings. The fourth-order valence-corrected chi connectivity index (χ4v) is 3.31. The Labute approximate surface area is 125 Å². The number of hydrogen-bond acceptors (Lipinski definition) is 2. The van der Waals surface area contributed by atoms with E-state index in [1.807, 2.05) is 12.3 Å². The lowest BCUT2D eigenvalue weighted by atomic mass is 9.64. The minimum atomic E-state index is 0.0553. The van der Waals surface area contributed by atoms with Gasteiger partial charge in [0.1, 0.15) is 11.3 Å². The zero-order valence-electron chi connectivity index (χ0n) is 10.9. The van der Waals surface area contributed by atoms with Crippen LogP contribution in [0.25, 0.3) is 11.0 Å². The number of nitrogens with zero attached hydrogens (tertiary/aromatic N) is 2. The Morgan fingerprint density at radius 1 is 1.10 bits per heavy atom. The van der Waals surface area contributed by atoms with E-state index in [-0.39, 0.29) is 5.41 Å². The van der Waals surface area contributed by atoms with Gasteiger partial charge in [0, 0.05) is 10.7 Å².